The average molecular weight is 566 g/mol. The second-order valence-electron chi connectivity index (χ2n) is 8.74. The average Bonchev–Trinajstić information content (AvgIpc) is 3.36. The van der Waals surface area contributed by atoms with Gasteiger partial charge in [0.1, 0.15) is 16.9 Å². The summed E-state index contributed by atoms with van der Waals surface area (Å²) in [5.74, 6) is 7.03. The van der Waals surface area contributed by atoms with Crippen LogP contribution in [0.2, 0.25) is 5.02 Å². The number of thiophene rings is 1. The summed E-state index contributed by atoms with van der Waals surface area (Å²) in [5, 5.41) is 13.4. The number of aromatic nitrogens is 3. The molecule has 194 valence electrons. The van der Waals surface area contributed by atoms with E-state index < -0.39 is 6.04 Å². The van der Waals surface area contributed by atoms with E-state index in [1.807, 2.05) is 60.0 Å². The van der Waals surface area contributed by atoms with E-state index in [4.69, 9.17) is 22.3 Å². The third kappa shape index (κ3) is 5.38. The van der Waals surface area contributed by atoms with Gasteiger partial charge in [0.05, 0.1) is 18.7 Å². The summed E-state index contributed by atoms with van der Waals surface area (Å²) in [6, 6.07) is 14.5. The Balaban J connectivity index is 0.00000336. The van der Waals surface area contributed by atoms with Gasteiger partial charge in [-0.2, -0.15) is 0 Å². The third-order valence-corrected chi connectivity index (χ3v) is 7.68. The first-order valence-electron chi connectivity index (χ1n) is 11.8. The molecule has 4 aromatic rings. The molecule has 1 aliphatic rings. The number of anilines is 1. The molecule has 5 rings (SSSR count). The highest BCUT2D eigenvalue weighted by atomic mass is 35.5. The van der Waals surface area contributed by atoms with Gasteiger partial charge >= 0.3 is 0 Å². The van der Waals surface area contributed by atoms with Crippen molar-refractivity contribution in [2.45, 2.75) is 33.2 Å². The Morgan fingerprint density at radius 2 is 1.82 bits per heavy atom. The number of rotatable bonds is 4. The van der Waals surface area contributed by atoms with Crippen LogP contribution < -0.4 is 11.1 Å². The van der Waals surface area contributed by atoms with E-state index in [0.29, 0.717) is 23.1 Å². The van der Waals surface area contributed by atoms with Gasteiger partial charge in [-0.25, -0.2) is 0 Å². The SMILES string of the molecule is Cc1sc2c(c1C)C(c1ccc(Cl)cc1)=N[C@@H](CC(=O)Nc1ccc(C#CCN)cc1)c1nnc(C)n1-2.Cl. The Bertz CT molecular complexity index is 1580. The van der Waals surface area contributed by atoms with E-state index in [0.717, 1.165) is 38.8 Å². The molecular formula is C28H26Cl2N6OS. The molecule has 0 spiro atoms. The summed E-state index contributed by atoms with van der Waals surface area (Å²) < 4.78 is 2.04. The smallest absolute Gasteiger partial charge is 0.227 e. The zero-order valence-corrected chi connectivity index (χ0v) is 23.5. The number of aliphatic imine (C=N–C) groups is 1. The topological polar surface area (TPSA) is 98.2 Å². The lowest BCUT2D eigenvalue weighted by molar-refractivity contribution is -0.116. The van der Waals surface area contributed by atoms with Crippen molar-refractivity contribution >= 4 is 52.7 Å². The molecule has 0 saturated carbocycles. The van der Waals surface area contributed by atoms with Gasteiger partial charge in [-0.3, -0.25) is 14.4 Å². The molecule has 0 fully saturated rings. The maximum atomic E-state index is 13.2. The lowest BCUT2D eigenvalue weighted by Crippen LogP contribution is -2.17. The van der Waals surface area contributed by atoms with Crippen LogP contribution in [-0.2, 0) is 4.79 Å². The molecule has 2 aromatic heterocycles. The highest BCUT2D eigenvalue weighted by Crippen LogP contribution is 2.39. The maximum absolute atomic E-state index is 13.2. The van der Waals surface area contributed by atoms with Crippen molar-refractivity contribution in [1.82, 2.24) is 14.8 Å². The molecule has 1 amide bonds. The van der Waals surface area contributed by atoms with Gasteiger partial charge in [-0.1, -0.05) is 35.6 Å². The fourth-order valence-electron chi connectivity index (χ4n) is 4.31. The molecule has 1 atom stereocenters. The standard InChI is InChI=1S/C28H25ClN6OS.ClH/c1-16-17(2)37-28-25(16)26(20-8-10-21(29)11-9-20)32-23(27-34-33-18(3)35(27)28)15-24(36)31-22-12-6-19(7-13-22)5-4-14-30;/h6-13,23H,14-15,30H2,1-3H3,(H,31,36);1H/t23-;/m0./s1. The predicted octanol–water partition coefficient (Wildman–Crippen LogP) is 5.56. The van der Waals surface area contributed by atoms with E-state index in [1.54, 1.807) is 11.3 Å². The molecule has 0 bridgehead atoms. The number of carbonyl (C=O) groups excluding carboxylic acids is 1. The minimum Gasteiger partial charge on any atom is -0.326 e. The lowest BCUT2D eigenvalue weighted by Gasteiger charge is -2.13. The molecule has 2 aromatic carbocycles. The number of aryl methyl sites for hydroxylation is 2. The van der Waals surface area contributed by atoms with Crippen molar-refractivity contribution in [2.75, 3.05) is 11.9 Å². The van der Waals surface area contributed by atoms with Gasteiger partial charge in [0, 0.05) is 32.3 Å². The zero-order valence-electron chi connectivity index (χ0n) is 21.1. The molecule has 0 radical (unpaired) electrons. The van der Waals surface area contributed by atoms with E-state index >= 15 is 0 Å². The van der Waals surface area contributed by atoms with Gasteiger partial charge in [-0.15, -0.1) is 33.9 Å². The molecule has 10 heteroatoms. The van der Waals surface area contributed by atoms with Gasteiger partial charge in [-0.05, 0) is 62.7 Å². The first kappa shape index (κ1) is 27.6. The summed E-state index contributed by atoms with van der Waals surface area (Å²) in [4.78, 5) is 19.5. The van der Waals surface area contributed by atoms with Crippen LogP contribution in [0.3, 0.4) is 0 Å². The quantitative estimate of drug-likeness (QED) is 0.317. The fraction of sp³-hybridized carbons (Fsp3) is 0.214. The van der Waals surface area contributed by atoms with E-state index in [-0.39, 0.29) is 24.7 Å². The third-order valence-electron chi connectivity index (χ3n) is 6.24. The first-order chi connectivity index (χ1) is 17.9. The second-order valence-corrected chi connectivity index (χ2v) is 10.4. The number of carbonyl (C=O) groups is 1. The van der Waals surface area contributed by atoms with Crippen molar-refractivity contribution in [3.8, 4) is 16.8 Å². The predicted molar refractivity (Wildman–Crippen MR) is 156 cm³/mol. The Labute approximate surface area is 236 Å². The molecule has 3 heterocycles. The van der Waals surface area contributed by atoms with Crippen molar-refractivity contribution in [3.05, 3.63) is 92.3 Å². The van der Waals surface area contributed by atoms with Crippen LogP contribution in [0.4, 0.5) is 5.69 Å². The largest absolute Gasteiger partial charge is 0.326 e. The van der Waals surface area contributed by atoms with Crippen molar-refractivity contribution < 1.29 is 4.79 Å². The molecule has 7 nitrogen and oxygen atoms in total. The van der Waals surface area contributed by atoms with Gasteiger partial charge in [0.2, 0.25) is 5.91 Å². The number of nitrogens with one attached hydrogen (secondary N) is 1. The van der Waals surface area contributed by atoms with E-state index in [1.165, 1.54) is 4.88 Å². The van der Waals surface area contributed by atoms with Crippen molar-refractivity contribution in [3.63, 3.8) is 0 Å². The van der Waals surface area contributed by atoms with Crippen molar-refractivity contribution in [2.24, 2.45) is 10.7 Å². The number of amides is 1. The van der Waals surface area contributed by atoms with E-state index in [2.05, 4.69) is 41.2 Å². The number of hydrogen-bond donors (Lipinski definition) is 2. The summed E-state index contributed by atoms with van der Waals surface area (Å²) in [6.45, 7) is 6.42. The van der Waals surface area contributed by atoms with Crippen molar-refractivity contribution in [1.29, 1.82) is 0 Å². The van der Waals surface area contributed by atoms with Crippen LogP contribution in [-0.4, -0.2) is 32.9 Å². The number of nitrogens with zero attached hydrogens (tertiary/aromatic N) is 4. The molecular weight excluding hydrogens is 539 g/mol. The molecule has 3 N–H and O–H groups in total. The minimum absolute atomic E-state index is 0. The van der Waals surface area contributed by atoms with Gasteiger partial charge in [0.15, 0.2) is 5.82 Å². The Kier molecular flexibility index (Phi) is 8.34. The fourth-order valence-corrected chi connectivity index (χ4v) is 5.65. The Morgan fingerprint density at radius 3 is 2.50 bits per heavy atom. The molecule has 38 heavy (non-hydrogen) atoms. The number of hydrogen-bond acceptors (Lipinski definition) is 6. The van der Waals surface area contributed by atoms with Crippen LogP contribution >= 0.6 is 35.3 Å². The Hall–Kier alpha value is -3.48. The van der Waals surface area contributed by atoms with Crippen LogP contribution in [0.15, 0.2) is 53.5 Å². The second kappa shape index (κ2) is 11.5. The normalized spacial score (nSPS) is 13.7. The number of halogens is 2. The molecule has 1 aliphatic heterocycles. The molecule has 0 saturated heterocycles. The summed E-state index contributed by atoms with van der Waals surface area (Å²) in [5.41, 5.74) is 10.9. The van der Waals surface area contributed by atoms with Crippen LogP contribution in [0.5, 0.6) is 0 Å². The first-order valence-corrected chi connectivity index (χ1v) is 13.0. The minimum atomic E-state index is -0.527. The summed E-state index contributed by atoms with van der Waals surface area (Å²) >= 11 is 7.86. The van der Waals surface area contributed by atoms with E-state index in [9.17, 15) is 4.79 Å². The highest BCUT2D eigenvalue weighted by Gasteiger charge is 2.32. The van der Waals surface area contributed by atoms with Crippen LogP contribution in [0.1, 0.15) is 51.2 Å². The lowest BCUT2D eigenvalue weighted by atomic mass is 9.99. The number of nitrogens with two attached hydrogens (primary N) is 1. The van der Waals surface area contributed by atoms with Gasteiger partial charge < -0.3 is 11.1 Å². The molecule has 0 unspecified atom stereocenters. The van der Waals surface area contributed by atoms with Crippen LogP contribution in [0, 0.1) is 32.6 Å². The highest BCUT2D eigenvalue weighted by molar-refractivity contribution is 7.15. The zero-order chi connectivity index (χ0) is 26.1. The number of fused-ring (bicyclic) bond motifs is 3. The Morgan fingerprint density at radius 1 is 1.11 bits per heavy atom. The summed E-state index contributed by atoms with van der Waals surface area (Å²) in [7, 11) is 0. The maximum Gasteiger partial charge on any atom is 0.227 e. The van der Waals surface area contributed by atoms with Crippen LogP contribution in [0.25, 0.3) is 5.00 Å². The van der Waals surface area contributed by atoms with Gasteiger partial charge in [0.25, 0.3) is 0 Å². The summed E-state index contributed by atoms with van der Waals surface area (Å²) in [6.07, 6.45) is 0.108. The molecule has 0 aliphatic carbocycles. The monoisotopic (exact) mass is 564 g/mol. The number of benzene rings is 2.